The van der Waals surface area contributed by atoms with Gasteiger partial charge in [-0.1, -0.05) is 60.3 Å². The number of rotatable bonds is 6. The van der Waals surface area contributed by atoms with Gasteiger partial charge in [0, 0.05) is 22.5 Å². The summed E-state index contributed by atoms with van der Waals surface area (Å²) < 4.78 is 13.6. The number of nitrogens with zero attached hydrogens (tertiary/aromatic N) is 1. The third-order valence-electron chi connectivity index (χ3n) is 4.55. The van der Waals surface area contributed by atoms with E-state index in [9.17, 15) is 14.0 Å². The van der Waals surface area contributed by atoms with E-state index in [0.29, 0.717) is 20.9 Å². The number of aromatic nitrogens is 2. The first kappa shape index (κ1) is 20.3. The maximum Gasteiger partial charge on any atom is 0.260 e. The molecule has 4 aromatic rings. The lowest BCUT2D eigenvalue weighted by Gasteiger charge is -2.06. The Balaban J connectivity index is 1.48. The zero-order valence-electron chi connectivity index (χ0n) is 16.1. The summed E-state index contributed by atoms with van der Waals surface area (Å²) in [6, 6.07) is 16.0. The summed E-state index contributed by atoms with van der Waals surface area (Å²) in [4.78, 5) is 33.8. The standard InChI is InChI=1S/C22H18FN3O2S2/c1-13-18(14-7-3-2-4-8-14)19-20(28)25-22(26-21(19)30-13)29-12-17(27)24-11-15-9-5-6-10-16(15)23/h2-10H,11-12H2,1H3,(H,24,27)(H,25,26,28). The summed E-state index contributed by atoms with van der Waals surface area (Å²) >= 11 is 2.60. The van der Waals surface area contributed by atoms with Gasteiger partial charge in [-0.2, -0.15) is 0 Å². The lowest BCUT2D eigenvalue weighted by Crippen LogP contribution is -2.25. The molecule has 2 aromatic carbocycles. The number of aryl methyl sites for hydroxylation is 1. The van der Waals surface area contributed by atoms with Gasteiger partial charge >= 0.3 is 0 Å². The fourth-order valence-corrected chi connectivity index (χ4v) is 4.93. The highest BCUT2D eigenvalue weighted by Gasteiger charge is 2.17. The Bertz CT molecular complexity index is 1270. The van der Waals surface area contributed by atoms with Gasteiger partial charge in [-0.3, -0.25) is 9.59 Å². The molecule has 0 saturated heterocycles. The molecule has 0 saturated carbocycles. The normalized spacial score (nSPS) is 11.0. The Labute approximate surface area is 180 Å². The molecule has 0 aliphatic heterocycles. The summed E-state index contributed by atoms with van der Waals surface area (Å²) in [5.74, 6) is -0.554. The van der Waals surface area contributed by atoms with Gasteiger partial charge in [0.25, 0.3) is 5.56 Å². The Kier molecular flexibility index (Phi) is 5.96. The van der Waals surface area contributed by atoms with E-state index in [2.05, 4.69) is 15.3 Å². The molecule has 2 heterocycles. The van der Waals surface area contributed by atoms with Crippen LogP contribution in [0.15, 0.2) is 64.5 Å². The zero-order valence-corrected chi connectivity index (χ0v) is 17.7. The average molecular weight is 440 g/mol. The predicted molar refractivity (Wildman–Crippen MR) is 119 cm³/mol. The van der Waals surface area contributed by atoms with Gasteiger partial charge in [0.1, 0.15) is 10.6 Å². The topological polar surface area (TPSA) is 74.8 Å². The van der Waals surface area contributed by atoms with Crippen LogP contribution in [0.25, 0.3) is 21.3 Å². The smallest absolute Gasteiger partial charge is 0.260 e. The molecule has 0 spiro atoms. The van der Waals surface area contributed by atoms with Gasteiger partial charge in [0.15, 0.2) is 5.16 Å². The van der Waals surface area contributed by atoms with E-state index in [1.54, 1.807) is 18.2 Å². The van der Waals surface area contributed by atoms with E-state index in [0.717, 1.165) is 27.8 Å². The molecule has 5 nitrogen and oxygen atoms in total. The molecule has 0 unspecified atom stereocenters. The van der Waals surface area contributed by atoms with Gasteiger partial charge in [0.2, 0.25) is 5.91 Å². The number of amides is 1. The van der Waals surface area contributed by atoms with Crippen LogP contribution in [-0.2, 0) is 11.3 Å². The molecule has 30 heavy (non-hydrogen) atoms. The number of fused-ring (bicyclic) bond motifs is 1. The van der Waals surface area contributed by atoms with Crippen LogP contribution in [0.2, 0.25) is 0 Å². The SMILES string of the molecule is Cc1sc2nc(SCC(=O)NCc3ccccc3F)[nH]c(=O)c2c1-c1ccccc1. The Morgan fingerprint density at radius 1 is 1.17 bits per heavy atom. The van der Waals surface area contributed by atoms with Gasteiger partial charge in [-0.05, 0) is 18.6 Å². The van der Waals surface area contributed by atoms with Crippen LogP contribution in [0.1, 0.15) is 10.4 Å². The maximum atomic E-state index is 13.6. The lowest BCUT2D eigenvalue weighted by molar-refractivity contribution is -0.118. The van der Waals surface area contributed by atoms with Crippen molar-refractivity contribution in [1.29, 1.82) is 0 Å². The summed E-state index contributed by atoms with van der Waals surface area (Å²) in [6.45, 7) is 2.08. The summed E-state index contributed by atoms with van der Waals surface area (Å²) in [5, 5.41) is 3.63. The van der Waals surface area contributed by atoms with Crippen LogP contribution in [0.4, 0.5) is 4.39 Å². The average Bonchev–Trinajstić information content (AvgIpc) is 3.08. The summed E-state index contributed by atoms with van der Waals surface area (Å²) in [5.41, 5.74) is 2.06. The van der Waals surface area contributed by atoms with Crippen LogP contribution in [0.5, 0.6) is 0 Å². The van der Waals surface area contributed by atoms with Gasteiger partial charge < -0.3 is 10.3 Å². The van der Waals surface area contributed by atoms with Crippen molar-refractivity contribution >= 4 is 39.2 Å². The Morgan fingerprint density at radius 2 is 1.90 bits per heavy atom. The zero-order chi connectivity index (χ0) is 21.1. The number of nitrogens with one attached hydrogen (secondary N) is 2. The first-order chi connectivity index (χ1) is 14.5. The van der Waals surface area contributed by atoms with Gasteiger partial charge in [-0.15, -0.1) is 11.3 Å². The van der Waals surface area contributed by atoms with Crippen molar-refractivity contribution < 1.29 is 9.18 Å². The maximum absolute atomic E-state index is 13.6. The molecule has 0 aliphatic rings. The first-order valence-electron chi connectivity index (χ1n) is 9.24. The number of thioether (sulfide) groups is 1. The van der Waals surface area contributed by atoms with Crippen molar-refractivity contribution in [2.24, 2.45) is 0 Å². The predicted octanol–water partition coefficient (Wildman–Crippen LogP) is 4.51. The fraction of sp³-hybridized carbons (Fsp3) is 0.136. The quantitative estimate of drug-likeness (QED) is 0.342. The monoisotopic (exact) mass is 439 g/mol. The molecular formula is C22H18FN3O2S2. The van der Waals surface area contributed by atoms with Crippen LogP contribution in [0.3, 0.4) is 0 Å². The molecule has 0 atom stereocenters. The second-order valence-corrected chi connectivity index (χ2v) is 8.77. The number of hydrogen-bond donors (Lipinski definition) is 2. The minimum atomic E-state index is -0.357. The highest BCUT2D eigenvalue weighted by molar-refractivity contribution is 7.99. The van der Waals surface area contributed by atoms with Crippen molar-refractivity contribution in [2.45, 2.75) is 18.6 Å². The highest BCUT2D eigenvalue weighted by Crippen LogP contribution is 2.35. The number of aromatic amines is 1. The minimum absolute atomic E-state index is 0.0683. The molecule has 2 N–H and O–H groups in total. The van der Waals surface area contributed by atoms with E-state index in [1.807, 2.05) is 37.3 Å². The van der Waals surface area contributed by atoms with E-state index < -0.39 is 0 Å². The molecule has 0 radical (unpaired) electrons. The van der Waals surface area contributed by atoms with E-state index >= 15 is 0 Å². The van der Waals surface area contributed by atoms with Crippen LogP contribution < -0.4 is 10.9 Å². The third kappa shape index (κ3) is 4.29. The summed E-state index contributed by atoms with van der Waals surface area (Å²) in [7, 11) is 0. The molecule has 2 aromatic heterocycles. The molecule has 0 bridgehead atoms. The number of H-pyrrole nitrogens is 1. The number of carbonyl (C=O) groups is 1. The Hall–Kier alpha value is -2.97. The number of benzene rings is 2. The van der Waals surface area contributed by atoms with Crippen LogP contribution >= 0.6 is 23.1 Å². The van der Waals surface area contributed by atoms with E-state index in [-0.39, 0.29) is 29.6 Å². The third-order valence-corrected chi connectivity index (χ3v) is 6.42. The second kappa shape index (κ2) is 8.81. The molecular weight excluding hydrogens is 421 g/mol. The van der Waals surface area contributed by atoms with E-state index in [4.69, 9.17) is 0 Å². The molecule has 8 heteroatoms. The molecule has 0 aliphatic carbocycles. The molecule has 0 fully saturated rings. The number of halogens is 1. The molecule has 152 valence electrons. The van der Waals surface area contributed by atoms with Crippen molar-refractivity contribution in [2.75, 3.05) is 5.75 Å². The highest BCUT2D eigenvalue weighted by atomic mass is 32.2. The van der Waals surface area contributed by atoms with Crippen molar-refractivity contribution in [3.63, 3.8) is 0 Å². The fourth-order valence-electron chi connectivity index (χ4n) is 3.14. The van der Waals surface area contributed by atoms with Crippen LogP contribution in [0, 0.1) is 12.7 Å². The van der Waals surface area contributed by atoms with Gasteiger partial charge in [0.05, 0.1) is 11.1 Å². The number of thiophene rings is 1. The molecule has 4 rings (SSSR count). The number of carbonyl (C=O) groups excluding carboxylic acids is 1. The largest absolute Gasteiger partial charge is 0.351 e. The van der Waals surface area contributed by atoms with Crippen molar-refractivity contribution in [1.82, 2.24) is 15.3 Å². The summed E-state index contributed by atoms with van der Waals surface area (Å²) in [6.07, 6.45) is 0. The van der Waals surface area contributed by atoms with Crippen molar-refractivity contribution in [3.8, 4) is 11.1 Å². The van der Waals surface area contributed by atoms with Crippen molar-refractivity contribution in [3.05, 3.63) is 81.2 Å². The first-order valence-corrected chi connectivity index (χ1v) is 11.0. The lowest BCUT2D eigenvalue weighted by atomic mass is 10.0. The Morgan fingerprint density at radius 3 is 2.67 bits per heavy atom. The van der Waals surface area contributed by atoms with Crippen LogP contribution in [-0.4, -0.2) is 21.6 Å². The van der Waals surface area contributed by atoms with E-state index in [1.165, 1.54) is 17.4 Å². The van der Waals surface area contributed by atoms with Gasteiger partial charge in [-0.25, -0.2) is 9.37 Å². The second-order valence-electron chi connectivity index (χ2n) is 6.61. The minimum Gasteiger partial charge on any atom is -0.351 e. The molecule has 1 amide bonds. The number of hydrogen-bond acceptors (Lipinski definition) is 5.